The van der Waals surface area contributed by atoms with Crippen LogP contribution < -0.4 is 10.1 Å². The van der Waals surface area contributed by atoms with E-state index in [1.54, 1.807) is 12.1 Å². The van der Waals surface area contributed by atoms with Crippen LogP contribution in [0, 0.1) is 11.7 Å². The number of nitrogens with one attached hydrogen (secondary N) is 1. The predicted molar refractivity (Wildman–Crippen MR) is 122 cm³/mol. The normalized spacial score (nSPS) is 15.0. The Morgan fingerprint density at radius 3 is 2.70 bits per heavy atom. The van der Waals surface area contributed by atoms with E-state index < -0.39 is 0 Å². The molecule has 174 valence electrons. The molecule has 1 saturated heterocycles. The summed E-state index contributed by atoms with van der Waals surface area (Å²) in [6, 6.07) is 13.8. The number of carbonyl (C=O) groups is 1. The minimum atomic E-state index is -0.303. The maximum Gasteiger partial charge on any atom is 0.241 e. The van der Waals surface area contributed by atoms with Crippen molar-refractivity contribution in [3.63, 3.8) is 0 Å². The van der Waals surface area contributed by atoms with Crippen LogP contribution in [0.15, 0.2) is 53.1 Å². The number of benzene rings is 2. The summed E-state index contributed by atoms with van der Waals surface area (Å²) in [5, 5.41) is 7.05. The lowest BCUT2D eigenvalue weighted by molar-refractivity contribution is -0.126. The molecule has 1 fully saturated rings. The lowest BCUT2D eigenvalue weighted by atomic mass is 9.96. The summed E-state index contributed by atoms with van der Waals surface area (Å²) in [5.41, 5.74) is 1.73. The van der Waals surface area contributed by atoms with Gasteiger partial charge < -0.3 is 14.6 Å². The zero-order valence-electron chi connectivity index (χ0n) is 19.0. The standard InChI is InChI=1S/C25H29FN4O3/c1-17(2)32-22-5-3-4-18(14-22)15-27-25(31)20-10-12-30(13-11-20)16-23-28-24(29-33-23)19-6-8-21(26)9-7-19/h3-9,14,17,20H,10-13,15-16H2,1-2H3,(H,27,31). The summed E-state index contributed by atoms with van der Waals surface area (Å²) in [6.45, 7) is 6.56. The highest BCUT2D eigenvalue weighted by Gasteiger charge is 2.26. The number of nitrogens with zero attached hydrogens (tertiary/aromatic N) is 3. The van der Waals surface area contributed by atoms with Crippen molar-refractivity contribution in [2.24, 2.45) is 5.92 Å². The molecule has 1 N–H and O–H groups in total. The molecule has 1 aromatic heterocycles. The van der Waals surface area contributed by atoms with Gasteiger partial charge in [0.05, 0.1) is 12.6 Å². The first kappa shape index (κ1) is 22.9. The van der Waals surface area contributed by atoms with Gasteiger partial charge in [0.1, 0.15) is 11.6 Å². The van der Waals surface area contributed by atoms with E-state index in [0.717, 1.165) is 37.2 Å². The molecule has 0 saturated carbocycles. The lowest BCUT2D eigenvalue weighted by Crippen LogP contribution is -2.40. The van der Waals surface area contributed by atoms with E-state index in [0.29, 0.717) is 30.4 Å². The number of piperidine rings is 1. The maximum atomic E-state index is 13.1. The van der Waals surface area contributed by atoms with Gasteiger partial charge in [-0.25, -0.2) is 4.39 Å². The summed E-state index contributed by atoms with van der Waals surface area (Å²) in [7, 11) is 0. The summed E-state index contributed by atoms with van der Waals surface area (Å²) in [4.78, 5) is 19.3. The second kappa shape index (κ2) is 10.6. The predicted octanol–water partition coefficient (Wildman–Crippen LogP) is 4.19. The minimum absolute atomic E-state index is 0.00573. The van der Waals surface area contributed by atoms with Crippen molar-refractivity contribution in [1.29, 1.82) is 0 Å². The van der Waals surface area contributed by atoms with Crippen LogP contribution in [-0.4, -0.2) is 40.1 Å². The van der Waals surface area contributed by atoms with E-state index >= 15 is 0 Å². The molecule has 0 aliphatic carbocycles. The van der Waals surface area contributed by atoms with Crippen LogP contribution in [0.2, 0.25) is 0 Å². The number of ether oxygens (including phenoxy) is 1. The summed E-state index contributed by atoms with van der Waals surface area (Å²) in [6.07, 6.45) is 1.67. The highest BCUT2D eigenvalue weighted by atomic mass is 19.1. The quantitative estimate of drug-likeness (QED) is 0.552. The van der Waals surface area contributed by atoms with Gasteiger partial charge in [0.2, 0.25) is 17.6 Å². The highest BCUT2D eigenvalue weighted by Crippen LogP contribution is 2.21. The van der Waals surface area contributed by atoms with Gasteiger partial charge >= 0.3 is 0 Å². The fourth-order valence-electron chi connectivity index (χ4n) is 3.91. The number of aromatic nitrogens is 2. The van der Waals surface area contributed by atoms with Gasteiger partial charge in [-0.2, -0.15) is 4.98 Å². The van der Waals surface area contributed by atoms with Gasteiger partial charge in [0, 0.05) is 18.0 Å². The van der Waals surface area contributed by atoms with Crippen molar-refractivity contribution in [2.45, 2.75) is 45.9 Å². The molecule has 0 atom stereocenters. The van der Waals surface area contributed by atoms with Crippen molar-refractivity contribution >= 4 is 5.91 Å². The molecule has 7 nitrogen and oxygen atoms in total. The van der Waals surface area contributed by atoms with Crippen LogP contribution in [0.3, 0.4) is 0 Å². The molecule has 0 spiro atoms. The molecule has 33 heavy (non-hydrogen) atoms. The molecule has 0 unspecified atom stereocenters. The van der Waals surface area contributed by atoms with E-state index in [4.69, 9.17) is 9.26 Å². The third-order valence-electron chi connectivity index (χ3n) is 5.62. The zero-order valence-corrected chi connectivity index (χ0v) is 19.0. The van der Waals surface area contributed by atoms with Crippen LogP contribution in [0.5, 0.6) is 5.75 Å². The number of amides is 1. The first-order valence-corrected chi connectivity index (χ1v) is 11.3. The van der Waals surface area contributed by atoms with Gasteiger partial charge in [0.15, 0.2) is 0 Å². The second-order valence-corrected chi connectivity index (χ2v) is 8.60. The average molecular weight is 453 g/mol. The molecule has 3 aromatic rings. The fraction of sp³-hybridized carbons (Fsp3) is 0.400. The smallest absolute Gasteiger partial charge is 0.241 e. The Morgan fingerprint density at radius 1 is 1.21 bits per heavy atom. The molecule has 0 bridgehead atoms. The molecule has 2 aromatic carbocycles. The zero-order chi connectivity index (χ0) is 23.2. The van der Waals surface area contributed by atoms with Crippen molar-refractivity contribution < 1.29 is 18.4 Å². The summed E-state index contributed by atoms with van der Waals surface area (Å²) in [5.74, 6) is 1.55. The monoisotopic (exact) mass is 452 g/mol. The molecule has 0 radical (unpaired) electrons. The first-order chi connectivity index (χ1) is 16.0. The van der Waals surface area contributed by atoms with Crippen LogP contribution in [0.4, 0.5) is 4.39 Å². The van der Waals surface area contributed by atoms with E-state index in [1.165, 1.54) is 12.1 Å². The largest absolute Gasteiger partial charge is 0.491 e. The number of rotatable bonds is 8. The minimum Gasteiger partial charge on any atom is -0.491 e. The fourth-order valence-corrected chi connectivity index (χ4v) is 3.91. The van der Waals surface area contributed by atoms with E-state index in [9.17, 15) is 9.18 Å². The van der Waals surface area contributed by atoms with Crippen LogP contribution in [0.25, 0.3) is 11.4 Å². The van der Waals surface area contributed by atoms with E-state index in [-0.39, 0.29) is 23.7 Å². The van der Waals surface area contributed by atoms with Crippen molar-refractivity contribution in [3.05, 3.63) is 65.8 Å². The van der Waals surface area contributed by atoms with Gasteiger partial charge in [-0.1, -0.05) is 17.3 Å². The Morgan fingerprint density at radius 2 is 1.97 bits per heavy atom. The van der Waals surface area contributed by atoms with E-state index in [1.807, 2.05) is 38.1 Å². The molecule has 2 heterocycles. The number of hydrogen-bond donors (Lipinski definition) is 1. The Bertz CT molecular complexity index is 1060. The van der Waals surface area contributed by atoms with Gasteiger partial charge in [-0.15, -0.1) is 0 Å². The van der Waals surface area contributed by atoms with Crippen LogP contribution in [-0.2, 0) is 17.9 Å². The summed E-state index contributed by atoms with van der Waals surface area (Å²) < 4.78 is 24.2. The highest BCUT2D eigenvalue weighted by molar-refractivity contribution is 5.78. The Balaban J connectivity index is 1.23. The third kappa shape index (κ3) is 6.38. The van der Waals surface area contributed by atoms with Crippen molar-refractivity contribution in [2.75, 3.05) is 13.1 Å². The SMILES string of the molecule is CC(C)Oc1cccc(CNC(=O)C2CCN(Cc3nc(-c4ccc(F)cc4)no3)CC2)c1. The van der Waals surface area contributed by atoms with Gasteiger partial charge in [-0.05, 0) is 81.7 Å². The second-order valence-electron chi connectivity index (χ2n) is 8.60. The Labute approximate surface area is 192 Å². The number of likely N-dealkylation sites (tertiary alicyclic amines) is 1. The van der Waals surface area contributed by atoms with Gasteiger partial charge in [-0.3, -0.25) is 9.69 Å². The Hall–Kier alpha value is -3.26. The molecule has 4 rings (SSSR count). The van der Waals surface area contributed by atoms with Crippen LogP contribution in [0.1, 0.15) is 38.1 Å². The number of carbonyl (C=O) groups excluding carboxylic acids is 1. The molecular weight excluding hydrogens is 423 g/mol. The lowest BCUT2D eigenvalue weighted by Gasteiger charge is -2.30. The molecule has 1 aliphatic rings. The third-order valence-corrected chi connectivity index (χ3v) is 5.62. The van der Waals surface area contributed by atoms with Gasteiger partial charge in [0.25, 0.3) is 0 Å². The average Bonchev–Trinajstić information content (AvgIpc) is 3.27. The van der Waals surface area contributed by atoms with Crippen molar-refractivity contribution in [1.82, 2.24) is 20.4 Å². The molecule has 1 aliphatic heterocycles. The number of halogens is 1. The Kier molecular flexibility index (Phi) is 7.34. The molecular formula is C25H29FN4O3. The first-order valence-electron chi connectivity index (χ1n) is 11.3. The molecule has 1 amide bonds. The van der Waals surface area contributed by atoms with Crippen LogP contribution >= 0.6 is 0 Å². The molecule has 8 heteroatoms. The maximum absolute atomic E-state index is 13.1. The topological polar surface area (TPSA) is 80.5 Å². The number of hydrogen-bond acceptors (Lipinski definition) is 6. The van der Waals surface area contributed by atoms with Crippen molar-refractivity contribution in [3.8, 4) is 17.1 Å². The van der Waals surface area contributed by atoms with E-state index in [2.05, 4.69) is 20.4 Å². The summed E-state index contributed by atoms with van der Waals surface area (Å²) >= 11 is 0.